The molecular weight excluding hydrogens is 380 g/mol. The first-order valence-electron chi connectivity index (χ1n) is 8.24. The van der Waals surface area contributed by atoms with Crippen LogP contribution in [0.5, 0.6) is 0 Å². The summed E-state index contributed by atoms with van der Waals surface area (Å²) in [5.41, 5.74) is -2.58. The van der Waals surface area contributed by atoms with Crippen molar-refractivity contribution in [3.8, 4) is 0 Å². The van der Waals surface area contributed by atoms with Crippen LogP contribution in [0.15, 0.2) is 27.4 Å². The molecule has 0 saturated carbocycles. The van der Waals surface area contributed by atoms with Gasteiger partial charge in [-0.05, 0) is 33.8 Å². The molecule has 9 nitrogen and oxygen atoms in total. The number of esters is 1. The monoisotopic (exact) mass is 402 g/mol. The van der Waals surface area contributed by atoms with Crippen molar-refractivity contribution in [1.29, 1.82) is 0 Å². The van der Waals surface area contributed by atoms with Crippen molar-refractivity contribution in [3.63, 3.8) is 0 Å². The van der Waals surface area contributed by atoms with E-state index in [2.05, 4.69) is 4.98 Å². The Bertz CT molecular complexity index is 854. The predicted molar refractivity (Wildman–Crippen MR) is 96.3 cm³/mol. The van der Waals surface area contributed by atoms with Gasteiger partial charge in [-0.1, -0.05) is 11.6 Å². The Morgan fingerprint density at radius 2 is 2.07 bits per heavy atom. The van der Waals surface area contributed by atoms with Gasteiger partial charge in [0.15, 0.2) is 11.8 Å². The highest BCUT2D eigenvalue weighted by molar-refractivity contribution is 6.25. The molecule has 1 aromatic heterocycles. The first-order chi connectivity index (χ1) is 12.4. The van der Waals surface area contributed by atoms with Crippen LogP contribution in [0.4, 0.5) is 0 Å². The summed E-state index contributed by atoms with van der Waals surface area (Å²) in [4.78, 5) is 37.8. The summed E-state index contributed by atoms with van der Waals surface area (Å²) in [6.07, 6.45) is -1.98. The van der Waals surface area contributed by atoms with Crippen LogP contribution in [0.3, 0.4) is 0 Å². The molecule has 1 aliphatic rings. The van der Waals surface area contributed by atoms with E-state index in [1.165, 1.54) is 19.2 Å². The molecule has 1 aliphatic heterocycles. The van der Waals surface area contributed by atoms with Gasteiger partial charge in [-0.15, -0.1) is 0 Å². The minimum Gasteiger partial charge on any atom is -0.462 e. The molecule has 1 saturated heterocycles. The number of H-pyrrole nitrogens is 1. The lowest BCUT2D eigenvalue weighted by Crippen LogP contribution is -2.46. The Morgan fingerprint density at radius 3 is 2.63 bits per heavy atom. The van der Waals surface area contributed by atoms with E-state index in [9.17, 15) is 24.6 Å². The smallest absolute Gasteiger partial charge is 0.330 e. The van der Waals surface area contributed by atoms with Crippen LogP contribution in [0.25, 0.3) is 0 Å². The number of hydrogen-bond donors (Lipinski definition) is 3. The van der Waals surface area contributed by atoms with Gasteiger partial charge >= 0.3 is 11.7 Å². The first-order valence-corrected chi connectivity index (χ1v) is 8.68. The fraction of sp³-hybridized carbons (Fsp3) is 0.588. The van der Waals surface area contributed by atoms with Crippen molar-refractivity contribution in [2.45, 2.75) is 51.7 Å². The van der Waals surface area contributed by atoms with Crippen molar-refractivity contribution >= 4 is 17.6 Å². The summed E-state index contributed by atoms with van der Waals surface area (Å²) in [6, 6.07) is 0. The SMILES string of the molecule is Cc1cn([C@@H]2O[C@](C=CCl)(COC(=O)C(C)(C)C)[C@@H](O)[C@H]2O)c(=O)[nH]c1=O. The van der Waals surface area contributed by atoms with E-state index in [1.54, 1.807) is 20.8 Å². The Kier molecular flexibility index (Phi) is 6.00. The highest BCUT2D eigenvalue weighted by atomic mass is 35.5. The van der Waals surface area contributed by atoms with Crippen molar-refractivity contribution < 1.29 is 24.5 Å². The van der Waals surface area contributed by atoms with E-state index in [4.69, 9.17) is 21.1 Å². The van der Waals surface area contributed by atoms with Crippen LogP contribution >= 0.6 is 11.6 Å². The number of aryl methyl sites for hydroxylation is 1. The summed E-state index contributed by atoms with van der Waals surface area (Å²) in [6.45, 7) is 6.02. The Hall–Kier alpha value is -1.94. The Labute approximate surface area is 160 Å². The number of nitrogens with zero attached hydrogens (tertiary/aromatic N) is 1. The van der Waals surface area contributed by atoms with E-state index in [0.29, 0.717) is 0 Å². The van der Waals surface area contributed by atoms with E-state index in [0.717, 1.165) is 10.1 Å². The van der Waals surface area contributed by atoms with E-state index >= 15 is 0 Å². The average Bonchev–Trinajstić information content (AvgIpc) is 2.81. The second kappa shape index (κ2) is 7.59. The van der Waals surface area contributed by atoms with Gasteiger partial charge in [-0.25, -0.2) is 4.79 Å². The maximum atomic E-state index is 12.1. The average molecular weight is 403 g/mol. The summed E-state index contributed by atoms with van der Waals surface area (Å²) in [5.74, 6) is -0.546. The Balaban J connectivity index is 2.39. The third-order valence-corrected chi connectivity index (χ3v) is 4.39. The van der Waals surface area contributed by atoms with Gasteiger partial charge in [-0.3, -0.25) is 19.1 Å². The molecule has 10 heteroatoms. The fourth-order valence-electron chi connectivity index (χ4n) is 2.61. The van der Waals surface area contributed by atoms with Crippen molar-refractivity contribution in [3.05, 3.63) is 44.2 Å². The lowest BCUT2D eigenvalue weighted by molar-refractivity contribution is -0.166. The zero-order chi connectivity index (χ0) is 20.6. The van der Waals surface area contributed by atoms with Crippen LogP contribution in [0.2, 0.25) is 0 Å². The number of rotatable bonds is 4. The number of nitrogens with one attached hydrogen (secondary N) is 1. The molecule has 1 fully saturated rings. The normalized spacial score (nSPS) is 28.6. The minimum absolute atomic E-state index is 0.212. The lowest BCUT2D eigenvalue weighted by atomic mass is 9.95. The number of aromatic amines is 1. The van der Waals surface area contributed by atoms with Gasteiger partial charge < -0.3 is 19.7 Å². The molecule has 0 aromatic carbocycles. The molecule has 3 N–H and O–H groups in total. The van der Waals surface area contributed by atoms with Gasteiger partial charge in [-0.2, -0.15) is 0 Å². The highest BCUT2D eigenvalue weighted by Gasteiger charge is 2.55. The lowest BCUT2D eigenvalue weighted by Gasteiger charge is -2.29. The number of ether oxygens (including phenoxy) is 2. The molecule has 1 aromatic rings. The molecule has 0 radical (unpaired) electrons. The van der Waals surface area contributed by atoms with Crippen LogP contribution in [-0.4, -0.2) is 50.1 Å². The maximum absolute atomic E-state index is 12.1. The molecule has 0 aliphatic carbocycles. The van der Waals surface area contributed by atoms with Gasteiger partial charge in [0.25, 0.3) is 5.56 Å². The number of carbonyl (C=O) groups excluding carboxylic acids is 1. The summed E-state index contributed by atoms with van der Waals surface area (Å²) in [7, 11) is 0. The molecule has 0 spiro atoms. The summed E-state index contributed by atoms with van der Waals surface area (Å²) in [5, 5.41) is 21.0. The molecule has 2 heterocycles. The Morgan fingerprint density at radius 1 is 1.44 bits per heavy atom. The summed E-state index contributed by atoms with van der Waals surface area (Å²) < 4.78 is 11.9. The molecule has 0 unspecified atom stereocenters. The van der Waals surface area contributed by atoms with E-state index < -0.39 is 53.3 Å². The van der Waals surface area contributed by atoms with Crippen LogP contribution in [0.1, 0.15) is 32.6 Å². The van der Waals surface area contributed by atoms with Crippen LogP contribution in [0, 0.1) is 12.3 Å². The van der Waals surface area contributed by atoms with Gasteiger partial charge in [0.05, 0.1) is 5.41 Å². The first kappa shape index (κ1) is 21.4. The largest absolute Gasteiger partial charge is 0.462 e. The zero-order valence-corrected chi connectivity index (χ0v) is 16.2. The number of carbonyl (C=O) groups is 1. The number of halogens is 1. The predicted octanol–water partition coefficient (Wildman–Crippen LogP) is 0.176. The van der Waals surface area contributed by atoms with Crippen molar-refractivity contribution in [1.82, 2.24) is 9.55 Å². The van der Waals surface area contributed by atoms with Crippen LogP contribution in [-0.2, 0) is 14.3 Å². The zero-order valence-electron chi connectivity index (χ0n) is 15.4. The van der Waals surface area contributed by atoms with Gasteiger partial charge in [0.1, 0.15) is 18.8 Å². The highest BCUT2D eigenvalue weighted by Crippen LogP contribution is 2.38. The molecule has 0 amide bonds. The van der Waals surface area contributed by atoms with E-state index in [-0.39, 0.29) is 5.56 Å². The molecular formula is C17H23ClN2O7. The topological polar surface area (TPSA) is 131 Å². The number of aliphatic hydroxyl groups excluding tert-OH is 2. The third kappa shape index (κ3) is 4.16. The quantitative estimate of drug-likeness (QED) is 0.612. The van der Waals surface area contributed by atoms with E-state index in [1.807, 2.05) is 0 Å². The molecule has 150 valence electrons. The van der Waals surface area contributed by atoms with Gasteiger partial charge in [0, 0.05) is 17.3 Å². The minimum atomic E-state index is -1.67. The fourth-order valence-corrected chi connectivity index (χ4v) is 2.83. The third-order valence-electron chi connectivity index (χ3n) is 4.26. The molecule has 0 bridgehead atoms. The second-order valence-electron chi connectivity index (χ2n) is 7.50. The van der Waals surface area contributed by atoms with Crippen molar-refractivity contribution in [2.75, 3.05) is 6.61 Å². The number of hydrogen-bond acceptors (Lipinski definition) is 7. The molecule has 4 atom stereocenters. The van der Waals surface area contributed by atoms with Crippen LogP contribution < -0.4 is 11.2 Å². The second-order valence-corrected chi connectivity index (χ2v) is 7.75. The molecule has 2 rings (SSSR count). The maximum Gasteiger partial charge on any atom is 0.330 e. The molecule has 27 heavy (non-hydrogen) atoms. The van der Waals surface area contributed by atoms with Gasteiger partial charge in [0.2, 0.25) is 0 Å². The van der Waals surface area contributed by atoms with Crippen molar-refractivity contribution in [2.24, 2.45) is 5.41 Å². The number of aliphatic hydroxyl groups is 2. The summed E-state index contributed by atoms with van der Waals surface area (Å²) >= 11 is 5.65. The standard InChI is InChI=1S/C17H23ClN2O7/c1-9-7-20(15(25)19-12(9)23)13-10(21)11(22)17(27-13,5-6-18)8-26-14(24)16(2,3)4/h5-7,10-11,13,21-22H,8H2,1-4H3,(H,19,23,25)/t10-,11+,13-,17-/m1/s1. The number of aromatic nitrogens is 2.